The Balaban J connectivity index is 1.70. The number of carbonyl (C=O) groups excluding carboxylic acids is 1. The average molecular weight is 287 g/mol. The summed E-state index contributed by atoms with van der Waals surface area (Å²) in [5.74, 6) is 1.73. The van der Waals surface area contributed by atoms with Crippen LogP contribution in [0.15, 0.2) is 47.1 Å². The molecular formula is C16H17NO4. The van der Waals surface area contributed by atoms with Crippen molar-refractivity contribution in [3.8, 4) is 11.5 Å². The highest BCUT2D eigenvalue weighted by atomic mass is 16.6. The van der Waals surface area contributed by atoms with E-state index >= 15 is 0 Å². The van der Waals surface area contributed by atoms with Crippen molar-refractivity contribution in [1.82, 2.24) is 5.32 Å². The van der Waals surface area contributed by atoms with Crippen molar-refractivity contribution in [3.63, 3.8) is 0 Å². The maximum Gasteiger partial charge on any atom is 0.265 e. The molecule has 0 saturated carbocycles. The lowest BCUT2D eigenvalue weighted by Crippen LogP contribution is -2.49. The minimum Gasteiger partial charge on any atom is -0.482 e. The van der Waals surface area contributed by atoms with E-state index in [0.29, 0.717) is 17.3 Å². The van der Waals surface area contributed by atoms with Gasteiger partial charge < -0.3 is 19.2 Å². The van der Waals surface area contributed by atoms with Crippen molar-refractivity contribution in [2.24, 2.45) is 0 Å². The predicted molar refractivity (Wildman–Crippen MR) is 76.2 cm³/mol. The van der Waals surface area contributed by atoms with E-state index in [4.69, 9.17) is 13.9 Å². The van der Waals surface area contributed by atoms with Crippen LogP contribution in [0.4, 0.5) is 0 Å². The van der Waals surface area contributed by atoms with E-state index in [0.717, 1.165) is 0 Å². The molecule has 3 rings (SSSR count). The van der Waals surface area contributed by atoms with Crippen LogP contribution >= 0.6 is 0 Å². The fraction of sp³-hybridized carbons (Fsp3) is 0.312. The number of amides is 1. The highest BCUT2D eigenvalue weighted by Gasteiger charge is 2.34. The molecule has 5 nitrogen and oxygen atoms in total. The number of rotatable bonds is 3. The Kier molecular flexibility index (Phi) is 3.56. The first-order chi connectivity index (χ1) is 10.1. The monoisotopic (exact) mass is 287 g/mol. The Labute approximate surface area is 122 Å². The number of carbonyl (C=O) groups is 1. The molecule has 5 heteroatoms. The Bertz CT molecular complexity index is 623. The normalized spacial score (nSPS) is 21.6. The summed E-state index contributed by atoms with van der Waals surface area (Å²) in [5, 5.41) is 2.88. The smallest absolute Gasteiger partial charge is 0.265 e. The van der Waals surface area contributed by atoms with Crippen LogP contribution in [-0.4, -0.2) is 18.1 Å². The predicted octanol–water partition coefficient (Wildman–Crippen LogP) is 2.69. The lowest BCUT2D eigenvalue weighted by Gasteiger charge is -2.31. The maximum atomic E-state index is 12.4. The van der Waals surface area contributed by atoms with Gasteiger partial charge in [-0.25, -0.2) is 0 Å². The summed E-state index contributed by atoms with van der Waals surface area (Å²) < 4.78 is 16.8. The average Bonchev–Trinajstić information content (AvgIpc) is 3.00. The second-order valence-electron chi connectivity index (χ2n) is 5.05. The quantitative estimate of drug-likeness (QED) is 0.943. The fourth-order valence-electron chi connectivity index (χ4n) is 2.31. The minimum absolute atomic E-state index is 0.221. The summed E-state index contributed by atoms with van der Waals surface area (Å²) in [4.78, 5) is 12.4. The highest BCUT2D eigenvalue weighted by Crippen LogP contribution is 2.33. The lowest BCUT2D eigenvalue weighted by molar-refractivity contribution is -0.134. The van der Waals surface area contributed by atoms with Crippen LogP contribution < -0.4 is 14.8 Å². The highest BCUT2D eigenvalue weighted by molar-refractivity contribution is 5.82. The second-order valence-corrected chi connectivity index (χ2v) is 5.05. The lowest BCUT2D eigenvalue weighted by atomic mass is 10.1. The van der Waals surface area contributed by atoms with Crippen LogP contribution in [0.25, 0.3) is 0 Å². The summed E-state index contributed by atoms with van der Waals surface area (Å²) in [5.41, 5.74) is 0. The first kappa shape index (κ1) is 13.5. The van der Waals surface area contributed by atoms with E-state index in [9.17, 15) is 4.79 Å². The van der Waals surface area contributed by atoms with Crippen LogP contribution in [-0.2, 0) is 4.79 Å². The Morgan fingerprint density at radius 2 is 1.86 bits per heavy atom. The zero-order valence-corrected chi connectivity index (χ0v) is 11.9. The number of para-hydroxylation sites is 2. The maximum absolute atomic E-state index is 12.4. The third kappa shape index (κ3) is 2.72. The third-order valence-electron chi connectivity index (χ3n) is 3.43. The Hall–Kier alpha value is -2.43. The van der Waals surface area contributed by atoms with Gasteiger partial charge in [-0.1, -0.05) is 12.1 Å². The van der Waals surface area contributed by atoms with E-state index in [1.165, 1.54) is 0 Å². The van der Waals surface area contributed by atoms with Crippen molar-refractivity contribution in [3.05, 3.63) is 48.4 Å². The molecule has 0 fully saturated rings. The fourth-order valence-corrected chi connectivity index (χ4v) is 2.31. The molecule has 3 unspecified atom stereocenters. The minimum atomic E-state index is -0.683. The molecule has 2 heterocycles. The van der Waals surface area contributed by atoms with Gasteiger partial charge in [-0.15, -0.1) is 0 Å². The molecule has 21 heavy (non-hydrogen) atoms. The molecule has 0 aliphatic carbocycles. The van der Waals surface area contributed by atoms with E-state index < -0.39 is 6.10 Å². The standard InChI is InChI=1S/C16H17NO4/c1-10(12-8-5-9-19-12)17-16(18)15-11(2)20-13-6-3-4-7-14(13)21-15/h3-11,15H,1-2H3,(H,17,18). The molecule has 0 spiro atoms. The molecular weight excluding hydrogens is 270 g/mol. The van der Waals surface area contributed by atoms with Gasteiger partial charge >= 0.3 is 0 Å². The molecule has 1 amide bonds. The largest absolute Gasteiger partial charge is 0.482 e. The molecule has 1 aromatic heterocycles. The van der Waals surface area contributed by atoms with Gasteiger partial charge in [-0.05, 0) is 38.1 Å². The van der Waals surface area contributed by atoms with Gasteiger partial charge in [0.05, 0.1) is 12.3 Å². The van der Waals surface area contributed by atoms with Crippen molar-refractivity contribution in [2.75, 3.05) is 0 Å². The Morgan fingerprint density at radius 1 is 1.14 bits per heavy atom. The number of hydrogen-bond donors (Lipinski definition) is 1. The van der Waals surface area contributed by atoms with Crippen LogP contribution in [0.2, 0.25) is 0 Å². The molecule has 3 atom stereocenters. The molecule has 0 bridgehead atoms. The third-order valence-corrected chi connectivity index (χ3v) is 3.43. The number of fused-ring (bicyclic) bond motifs is 1. The molecule has 2 aromatic rings. The molecule has 1 aliphatic rings. The number of hydrogen-bond acceptors (Lipinski definition) is 4. The molecule has 0 saturated heterocycles. The van der Waals surface area contributed by atoms with Crippen molar-refractivity contribution in [1.29, 1.82) is 0 Å². The first-order valence-corrected chi connectivity index (χ1v) is 6.91. The Morgan fingerprint density at radius 3 is 2.52 bits per heavy atom. The van der Waals surface area contributed by atoms with E-state index in [-0.39, 0.29) is 18.1 Å². The number of ether oxygens (including phenoxy) is 2. The zero-order chi connectivity index (χ0) is 14.8. The van der Waals surface area contributed by atoms with Crippen LogP contribution in [0.3, 0.4) is 0 Å². The molecule has 1 N–H and O–H groups in total. The van der Waals surface area contributed by atoms with E-state index in [2.05, 4.69) is 5.32 Å². The summed E-state index contributed by atoms with van der Waals surface area (Å²) >= 11 is 0. The van der Waals surface area contributed by atoms with Gasteiger partial charge in [0.25, 0.3) is 5.91 Å². The molecule has 0 radical (unpaired) electrons. The summed E-state index contributed by atoms with van der Waals surface area (Å²) in [6.07, 6.45) is 0.540. The van der Waals surface area contributed by atoms with Crippen LogP contribution in [0, 0.1) is 0 Å². The topological polar surface area (TPSA) is 60.7 Å². The van der Waals surface area contributed by atoms with Gasteiger partial charge in [0.2, 0.25) is 6.10 Å². The SMILES string of the molecule is CC(NC(=O)C1Oc2ccccc2OC1C)c1ccco1. The zero-order valence-electron chi connectivity index (χ0n) is 11.9. The van der Waals surface area contributed by atoms with Gasteiger partial charge in [0.15, 0.2) is 11.5 Å². The van der Waals surface area contributed by atoms with Gasteiger partial charge in [0.1, 0.15) is 11.9 Å². The summed E-state index contributed by atoms with van der Waals surface area (Å²) in [7, 11) is 0. The van der Waals surface area contributed by atoms with Crippen molar-refractivity contribution >= 4 is 5.91 Å². The summed E-state index contributed by atoms with van der Waals surface area (Å²) in [6.45, 7) is 3.68. The van der Waals surface area contributed by atoms with Gasteiger partial charge in [-0.3, -0.25) is 4.79 Å². The molecule has 110 valence electrons. The summed E-state index contributed by atoms with van der Waals surface area (Å²) in [6, 6.07) is 10.7. The van der Waals surface area contributed by atoms with E-state index in [1.54, 1.807) is 18.4 Å². The van der Waals surface area contributed by atoms with Crippen LogP contribution in [0.5, 0.6) is 11.5 Å². The van der Waals surface area contributed by atoms with Gasteiger partial charge in [0, 0.05) is 0 Å². The molecule has 1 aliphatic heterocycles. The second kappa shape index (κ2) is 5.52. The number of furan rings is 1. The van der Waals surface area contributed by atoms with Crippen molar-refractivity contribution in [2.45, 2.75) is 32.1 Å². The van der Waals surface area contributed by atoms with Gasteiger partial charge in [-0.2, -0.15) is 0 Å². The van der Waals surface area contributed by atoms with Crippen molar-refractivity contribution < 1.29 is 18.7 Å². The van der Waals surface area contributed by atoms with E-state index in [1.807, 2.05) is 38.1 Å². The van der Waals surface area contributed by atoms with Crippen LogP contribution in [0.1, 0.15) is 25.6 Å². The number of nitrogens with one attached hydrogen (secondary N) is 1. The first-order valence-electron chi connectivity index (χ1n) is 6.91. The number of benzene rings is 1. The molecule has 1 aromatic carbocycles.